The lowest BCUT2D eigenvalue weighted by atomic mass is 9.97. The Morgan fingerprint density at radius 2 is 2.00 bits per heavy atom. The molecular formula is C23H24N4O3. The van der Waals surface area contributed by atoms with Crippen LogP contribution in [-0.2, 0) is 9.59 Å². The average molecular weight is 404 g/mol. The number of H-pyrrole nitrogens is 1. The van der Waals surface area contributed by atoms with Gasteiger partial charge in [-0.15, -0.1) is 0 Å². The van der Waals surface area contributed by atoms with E-state index in [0.29, 0.717) is 25.3 Å². The number of aromatic nitrogens is 2. The van der Waals surface area contributed by atoms with Crippen LogP contribution in [0.3, 0.4) is 0 Å². The number of benzene rings is 2. The zero-order valence-corrected chi connectivity index (χ0v) is 16.7. The van der Waals surface area contributed by atoms with Crippen molar-refractivity contribution in [1.29, 1.82) is 0 Å². The normalized spacial score (nSPS) is 18.9. The van der Waals surface area contributed by atoms with Gasteiger partial charge >= 0.3 is 0 Å². The highest BCUT2D eigenvalue weighted by molar-refractivity contribution is 5.98. The van der Waals surface area contributed by atoms with Crippen molar-refractivity contribution < 1.29 is 14.3 Å². The first kappa shape index (κ1) is 18.7. The molecule has 2 aliphatic heterocycles. The standard InChI is InChI=1S/C23H24N4O3/c28-21(11-13-27-19-9-3-4-10-20(19)30-15-22(27)29)26-12-5-6-16(14-26)23-24-17-7-1-2-8-18(17)25-23/h1-4,7-10,16H,5-6,11-15H2,(H,24,25). The number of nitrogens with zero attached hydrogens (tertiary/aromatic N) is 3. The quantitative estimate of drug-likeness (QED) is 0.725. The second-order valence-corrected chi connectivity index (χ2v) is 7.87. The number of hydrogen-bond acceptors (Lipinski definition) is 4. The van der Waals surface area contributed by atoms with Crippen molar-refractivity contribution in [1.82, 2.24) is 14.9 Å². The number of ether oxygens (including phenoxy) is 1. The summed E-state index contributed by atoms with van der Waals surface area (Å²) in [4.78, 5) is 37.0. The number of hydrogen-bond donors (Lipinski definition) is 1. The maximum atomic E-state index is 12.9. The minimum absolute atomic E-state index is 0.0169. The van der Waals surface area contributed by atoms with E-state index in [1.165, 1.54) is 0 Å². The molecule has 0 saturated carbocycles. The van der Waals surface area contributed by atoms with Crippen molar-refractivity contribution in [2.24, 2.45) is 0 Å². The Balaban J connectivity index is 1.25. The Bertz CT molecular complexity index is 1060. The number of piperidine rings is 1. The first-order valence-corrected chi connectivity index (χ1v) is 10.4. The summed E-state index contributed by atoms with van der Waals surface area (Å²) in [6, 6.07) is 15.4. The van der Waals surface area contributed by atoms with Crippen LogP contribution in [0.1, 0.15) is 31.0 Å². The molecule has 30 heavy (non-hydrogen) atoms. The van der Waals surface area contributed by atoms with Gasteiger partial charge in [-0.3, -0.25) is 9.59 Å². The molecule has 1 N–H and O–H groups in total. The third-order valence-corrected chi connectivity index (χ3v) is 5.93. The predicted octanol–water partition coefficient (Wildman–Crippen LogP) is 3.08. The lowest BCUT2D eigenvalue weighted by Gasteiger charge is -2.33. The molecule has 2 amide bonds. The maximum absolute atomic E-state index is 12.9. The number of fused-ring (bicyclic) bond motifs is 2. The van der Waals surface area contributed by atoms with Crippen LogP contribution >= 0.6 is 0 Å². The molecule has 0 aliphatic carbocycles. The number of likely N-dealkylation sites (tertiary alicyclic amines) is 1. The molecule has 1 fully saturated rings. The van der Waals surface area contributed by atoms with E-state index in [-0.39, 0.29) is 24.3 Å². The summed E-state index contributed by atoms with van der Waals surface area (Å²) in [6.45, 7) is 1.79. The molecule has 3 aromatic rings. The summed E-state index contributed by atoms with van der Waals surface area (Å²) in [7, 11) is 0. The van der Waals surface area contributed by atoms with Gasteiger partial charge in [0, 0.05) is 32.0 Å². The van der Waals surface area contributed by atoms with Gasteiger partial charge in [0.05, 0.1) is 16.7 Å². The Kier molecular flexibility index (Phi) is 4.86. The van der Waals surface area contributed by atoms with E-state index in [9.17, 15) is 9.59 Å². The number of nitrogens with one attached hydrogen (secondary N) is 1. The lowest BCUT2D eigenvalue weighted by Crippen LogP contribution is -2.43. The van der Waals surface area contributed by atoms with E-state index in [1.807, 2.05) is 53.4 Å². The average Bonchev–Trinajstić information content (AvgIpc) is 3.23. The topological polar surface area (TPSA) is 78.5 Å². The fourth-order valence-corrected chi connectivity index (χ4v) is 4.36. The van der Waals surface area contributed by atoms with Crippen LogP contribution in [-0.4, -0.2) is 52.9 Å². The van der Waals surface area contributed by atoms with Gasteiger partial charge in [-0.2, -0.15) is 0 Å². The number of carbonyl (C=O) groups is 2. The van der Waals surface area contributed by atoms with Gasteiger partial charge in [0.25, 0.3) is 5.91 Å². The van der Waals surface area contributed by atoms with Crippen LogP contribution in [0.15, 0.2) is 48.5 Å². The number of rotatable bonds is 4. The number of imidazole rings is 1. The Morgan fingerprint density at radius 1 is 1.17 bits per heavy atom. The SMILES string of the molecule is O=C(CCN1C(=O)COc2ccccc21)N1CCCC(c2nc3ccccc3[nH]2)C1. The molecule has 1 aromatic heterocycles. The number of amides is 2. The van der Waals surface area contributed by atoms with Crippen LogP contribution < -0.4 is 9.64 Å². The third-order valence-electron chi connectivity index (χ3n) is 5.93. The third kappa shape index (κ3) is 3.51. The second kappa shape index (κ2) is 7.82. The van der Waals surface area contributed by atoms with Crippen molar-refractivity contribution in [2.45, 2.75) is 25.2 Å². The molecule has 1 atom stereocenters. The number of anilines is 1. The molecule has 1 unspecified atom stereocenters. The highest BCUT2D eigenvalue weighted by Gasteiger charge is 2.29. The van der Waals surface area contributed by atoms with Crippen LogP contribution in [0.5, 0.6) is 5.75 Å². The summed E-state index contributed by atoms with van der Waals surface area (Å²) < 4.78 is 5.48. The first-order valence-electron chi connectivity index (χ1n) is 10.4. The summed E-state index contributed by atoms with van der Waals surface area (Å²) in [5.41, 5.74) is 2.72. The van der Waals surface area contributed by atoms with E-state index in [4.69, 9.17) is 9.72 Å². The minimum Gasteiger partial charge on any atom is -0.482 e. The zero-order chi connectivity index (χ0) is 20.5. The van der Waals surface area contributed by atoms with E-state index >= 15 is 0 Å². The Hall–Kier alpha value is -3.35. The second-order valence-electron chi connectivity index (χ2n) is 7.87. The zero-order valence-electron chi connectivity index (χ0n) is 16.7. The lowest BCUT2D eigenvalue weighted by molar-refractivity contribution is -0.132. The molecule has 2 aromatic carbocycles. The smallest absolute Gasteiger partial charge is 0.265 e. The van der Waals surface area contributed by atoms with Crippen LogP contribution in [0.25, 0.3) is 11.0 Å². The molecule has 7 nitrogen and oxygen atoms in total. The monoisotopic (exact) mass is 404 g/mol. The molecule has 3 heterocycles. The van der Waals surface area contributed by atoms with Gasteiger partial charge < -0.3 is 19.5 Å². The van der Waals surface area contributed by atoms with Crippen molar-refractivity contribution in [3.8, 4) is 5.75 Å². The number of para-hydroxylation sites is 4. The summed E-state index contributed by atoms with van der Waals surface area (Å²) in [6.07, 6.45) is 2.26. The fraction of sp³-hybridized carbons (Fsp3) is 0.348. The van der Waals surface area contributed by atoms with Crippen LogP contribution in [0, 0.1) is 0 Å². The summed E-state index contributed by atoms with van der Waals surface area (Å²) >= 11 is 0. The molecule has 7 heteroatoms. The highest BCUT2D eigenvalue weighted by Crippen LogP contribution is 2.32. The molecule has 0 bridgehead atoms. The van der Waals surface area contributed by atoms with E-state index in [0.717, 1.165) is 41.9 Å². The van der Waals surface area contributed by atoms with Crippen LogP contribution in [0.2, 0.25) is 0 Å². The van der Waals surface area contributed by atoms with E-state index in [2.05, 4.69) is 4.98 Å². The van der Waals surface area contributed by atoms with Gasteiger partial charge in [-0.05, 0) is 37.1 Å². The van der Waals surface area contributed by atoms with Crippen LogP contribution in [0.4, 0.5) is 5.69 Å². The Morgan fingerprint density at radius 3 is 2.90 bits per heavy atom. The van der Waals surface area contributed by atoms with Gasteiger partial charge in [-0.1, -0.05) is 24.3 Å². The van der Waals surface area contributed by atoms with Gasteiger partial charge in [0.2, 0.25) is 5.91 Å². The summed E-state index contributed by atoms with van der Waals surface area (Å²) in [5, 5.41) is 0. The highest BCUT2D eigenvalue weighted by atomic mass is 16.5. The molecule has 2 aliphatic rings. The minimum atomic E-state index is -0.111. The fourth-order valence-electron chi connectivity index (χ4n) is 4.36. The van der Waals surface area contributed by atoms with Gasteiger partial charge in [-0.25, -0.2) is 4.98 Å². The largest absolute Gasteiger partial charge is 0.482 e. The molecule has 1 saturated heterocycles. The van der Waals surface area contributed by atoms with E-state index in [1.54, 1.807) is 4.90 Å². The molecule has 154 valence electrons. The van der Waals surface area contributed by atoms with E-state index < -0.39 is 0 Å². The Labute approximate surface area is 174 Å². The van der Waals surface area contributed by atoms with Gasteiger partial charge in [0.15, 0.2) is 6.61 Å². The molecule has 0 spiro atoms. The predicted molar refractivity (Wildman–Crippen MR) is 114 cm³/mol. The van der Waals surface area contributed by atoms with Gasteiger partial charge in [0.1, 0.15) is 11.6 Å². The number of carbonyl (C=O) groups excluding carboxylic acids is 2. The van der Waals surface area contributed by atoms with Crippen molar-refractivity contribution in [3.63, 3.8) is 0 Å². The van der Waals surface area contributed by atoms with Crippen molar-refractivity contribution in [3.05, 3.63) is 54.4 Å². The molecule has 0 radical (unpaired) electrons. The molecule has 5 rings (SSSR count). The van der Waals surface area contributed by atoms with Crippen molar-refractivity contribution >= 4 is 28.5 Å². The molecular weight excluding hydrogens is 380 g/mol. The maximum Gasteiger partial charge on any atom is 0.265 e. The number of aromatic amines is 1. The van der Waals surface area contributed by atoms with Crippen molar-refractivity contribution in [2.75, 3.05) is 31.1 Å². The summed E-state index contributed by atoms with van der Waals surface area (Å²) in [5.74, 6) is 1.81. The first-order chi connectivity index (χ1) is 14.7.